The molecule has 1 spiro atoms. The Morgan fingerprint density at radius 3 is 2.75 bits per heavy atom. The fraction of sp³-hybridized carbons (Fsp3) is 1.00. The maximum atomic E-state index is 6.07. The summed E-state index contributed by atoms with van der Waals surface area (Å²) in [6, 6.07) is 0.659. The molecule has 0 aromatic carbocycles. The molecule has 0 aliphatic carbocycles. The van der Waals surface area contributed by atoms with Crippen molar-refractivity contribution in [2.24, 2.45) is 5.73 Å². The standard InChI is InChI=1S/C12H22N2O2/c1-11(13)7-14(8-11)10-2-4-16-12(6-10)3-5-15-9-12/h10H,2-9,13H2,1H3. The predicted octanol–water partition coefficient (Wildman–Crippen LogP) is 0.358. The highest BCUT2D eigenvalue weighted by atomic mass is 16.6. The highest BCUT2D eigenvalue weighted by molar-refractivity contribution is 5.02. The number of likely N-dealkylation sites (tertiary alicyclic amines) is 1. The molecule has 0 aromatic rings. The van der Waals surface area contributed by atoms with Gasteiger partial charge in [-0.2, -0.15) is 0 Å². The minimum atomic E-state index is 0.0313. The van der Waals surface area contributed by atoms with Crippen LogP contribution < -0.4 is 5.73 Å². The summed E-state index contributed by atoms with van der Waals surface area (Å²) in [7, 11) is 0. The van der Waals surface area contributed by atoms with Crippen LogP contribution in [0.1, 0.15) is 26.2 Å². The van der Waals surface area contributed by atoms with E-state index in [2.05, 4.69) is 11.8 Å². The number of hydrogen-bond acceptors (Lipinski definition) is 4. The van der Waals surface area contributed by atoms with Gasteiger partial charge >= 0.3 is 0 Å². The Bertz CT molecular complexity index is 266. The maximum Gasteiger partial charge on any atom is 0.0951 e. The third-order valence-electron chi connectivity index (χ3n) is 4.18. The molecule has 2 unspecified atom stereocenters. The fourth-order valence-corrected chi connectivity index (χ4v) is 3.32. The van der Waals surface area contributed by atoms with Crippen LogP contribution in [0.5, 0.6) is 0 Å². The average molecular weight is 226 g/mol. The third kappa shape index (κ3) is 1.88. The molecule has 3 aliphatic rings. The molecule has 2 atom stereocenters. The van der Waals surface area contributed by atoms with Crippen molar-refractivity contribution in [1.82, 2.24) is 4.90 Å². The highest BCUT2D eigenvalue weighted by Crippen LogP contribution is 2.36. The van der Waals surface area contributed by atoms with Crippen molar-refractivity contribution in [1.29, 1.82) is 0 Å². The summed E-state index contributed by atoms with van der Waals surface area (Å²) in [5, 5.41) is 0. The van der Waals surface area contributed by atoms with Gasteiger partial charge in [0.05, 0.1) is 12.2 Å². The molecule has 16 heavy (non-hydrogen) atoms. The van der Waals surface area contributed by atoms with Crippen LogP contribution in [0.25, 0.3) is 0 Å². The summed E-state index contributed by atoms with van der Waals surface area (Å²) in [5.74, 6) is 0. The lowest BCUT2D eigenvalue weighted by Crippen LogP contribution is -2.69. The smallest absolute Gasteiger partial charge is 0.0951 e. The average Bonchev–Trinajstić information content (AvgIpc) is 2.63. The minimum Gasteiger partial charge on any atom is -0.378 e. The van der Waals surface area contributed by atoms with Crippen molar-refractivity contribution >= 4 is 0 Å². The van der Waals surface area contributed by atoms with Gasteiger partial charge in [0.25, 0.3) is 0 Å². The Kier molecular flexibility index (Phi) is 2.51. The molecule has 4 heteroatoms. The van der Waals surface area contributed by atoms with Gasteiger partial charge in [0.2, 0.25) is 0 Å². The molecular weight excluding hydrogens is 204 g/mol. The molecule has 0 amide bonds. The van der Waals surface area contributed by atoms with Gasteiger partial charge in [0.15, 0.2) is 0 Å². The molecule has 0 bridgehead atoms. The first kappa shape index (κ1) is 11.0. The molecule has 3 heterocycles. The van der Waals surface area contributed by atoms with Gasteiger partial charge < -0.3 is 15.2 Å². The Labute approximate surface area is 97.1 Å². The summed E-state index contributed by atoms with van der Waals surface area (Å²) in [6.45, 7) is 6.74. The van der Waals surface area contributed by atoms with Crippen molar-refractivity contribution in [3.8, 4) is 0 Å². The van der Waals surface area contributed by atoms with Gasteiger partial charge in [0, 0.05) is 44.3 Å². The zero-order valence-electron chi connectivity index (χ0n) is 10.1. The van der Waals surface area contributed by atoms with Crippen LogP contribution in [0.4, 0.5) is 0 Å². The van der Waals surface area contributed by atoms with Crippen LogP contribution >= 0.6 is 0 Å². The number of hydrogen-bond donors (Lipinski definition) is 1. The van der Waals surface area contributed by atoms with E-state index in [1.165, 1.54) is 0 Å². The number of ether oxygens (including phenoxy) is 2. The Morgan fingerprint density at radius 1 is 1.31 bits per heavy atom. The van der Waals surface area contributed by atoms with Gasteiger partial charge in [-0.05, 0) is 19.8 Å². The van der Waals surface area contributed by atoms with E-state index in [0.29, 0.717) is 6.04 Å². The van der Waals surface area contributed by atoms with E-state index >= 15 is 0 Å². The zero-order chi connectivity index (χ0) is 11.2. The molecule has 3 aliphatic heterocycles. The van der Waals surface area contributed by atoms with Crippen LogP contribution in [0.15, 0.2) is 0 Å². The van der Waals surface area contributed by atoms with Crippen LogP contribution in [-0.2, 0) is 9.47 Å². The Morgan fingerprint density at radius 2 is 2.12 bits per heavy atom. The van der Waals surface area contributed by atoms with E-state index in [0.717, 1.165) is 52.2 Å². The van der Waals surface area contributed by atoms with Crippen molar-refractivity contribution in [3.63, 3.8) is 0 Å². The summed E-state index contributed by atoms with van der Waals surface area (Å²) in [4.78, 5) is 2.52. The normalized spacial score (nSPS) is 43.5. The SMILES string of the molecule is CC1(N)CN(C2CCOC3(CCOC3)C2)C1. The molecule has 0 saturated carbocycles. The van der Waals surface area contributed by atoms with E-state index in [-0.39, 0.29) is 11.1 Å². The third-order valence-corrected chi connectivity index (χ3v) is 4.18. The molecular formula is C12H22N2O2. The molecule has 0 aromatic heterocycles. The van der Waals surface area contributed by atoms with E-state index < -0.39 is 0 Å². The zero-order valence-corrected chi connectivity index (χ0v) is 10.1. The van der Waals surface area contributed by atoms with Crippen LogP contribution in [-0.4, -0.2) is 55.0 Å². The molecule has 3 fully saturated rings. The second-order valence-electron chi connectivity index (χ2n) is 6.04. The maximum absolute atomic E-state index is 6.07. The Hall–Kier alpha value is -0.160. The van der Waals surface area contributed by atoms with Crippen molar-refractivity contribution in [2.75, 3.05) is 32.9 Å². The fourth-order valence-electron chi connectivity index (χ4n) is 3.32. The summed E-state index contributed by atoms with van der Waals surface area (Å²) >= 11 is 0. The topological polar surface area (TPSA) is 47.7 Å². The molecule has 0 radical (unpaired) electrons. The first-order chi connectivity index (χ1) is 7.59. The van der Waals surface area contributed by atoms with Gasteiger partial charge in [-0.3, -0.25) is 4.90 Å². The van der Waals surface area contributed by atoms with Gasteiger partial charge in [-0.15, -0.1) is 0 Å². The van der Waals surface area contributed by atoms with Gasteiger partial charge in [-0.1, -0.05) is 0 Å². The summed E-state index contributed by atoms with van der Waals surface area (Å²) in [5.41, 5.74) is 6.14. The van der Waals surface area contributed by atoms with Crippen LogP contribution in [0.3, 0.4) is 0 Å². The number of rotatable bonds is 1. The highest BCUT2D eigenvalue weighted by Gasteiger charge is 2.46. The van der Waals surface area contributed by atoms with Crippen molar-refractivity contribution in [3.05, 3.63) is 0 Å². The lowest BCUT2D eigenvalue weighted by molar-refractivity contribution is -0.121. The van der Waals surface area contributed by atoms with E-state index in [1.807, 2.05) is 0 Å². The molecule has 4 nitrogen and oxygen atoms in total. The van der Waals surface area contributed by atoms with E-state index in [4.69, 9.17) is 15.2 Å². The summed E-state index contributed by atoms with van der Waals surface area (Å²) in [6.07, 6.45) is 3.35. The lowest BCUT2D eigenvalue weighted by Gasteiger charge is -2.52. The second kappa shape index (κ2) is 3.67. The lowest BCUT2D eigenvalue weighted by atomic mass is 9.84. The number of nitrogens with two attached hydrogens (primary N) is 1. The van der Waals surface area contributed by atoms with E-state index in [9.17, 15) is 0 Å². The van der Waals surface area contributed by atoms with Crippen LogP contribution in [0.2, 0.25) is 0 Å². The minimum absolute atomic E-state index is 0.0313. The molecule has 92 valence electrons. The first-order valence-corrected chi connectivity index (χ1v) is 6.33. The van der Waals surface area contributed by atoms with Crippen molar-refractivity contribution in [2.45, 2.75) is 43.4 Å². The quantitative estimate of drug-likeness (QED) is 0.701. The van der Waals surface area contributed by atoms with Crippen molar-refractivity contribution < 1.29 is 9.47 Å². The molecule has 3 rings (SSSR count). The largest absolute Gasteiger partial charge is 0.378 e. The second-order valence-corrected chi connectivity index (χ2v) is 6.04. The first-order valence-electron chi connectivity index (χ1n) is 6.33. The molecule has 3 saturated heterocycles. The Balaban J connectivity index is 1.60. The molecule has 2 N–H and O–H groups in total. The van der Waals surface area contributed by atoms with E-state index in [1.54, 1.807) is 0 Å². The predicted molar refractivity (Wildman–Crippen MR) is 61.3 cm³/mol. The monoisotopic (exact) mass is 226 g/mol. The summed E-state index contributed by atoms with van der Waals surface area (Å²) < 4.78 is 11.4. The van der Waals surface area contributed by atoms with Crippen LogP contribution in [0, 0.1) is 0 Å². The number of nitrogens with zero attached hydrogens (tertiary/aromatic N) is 1. The van der Waals surface area contributed by atoms with Gasteiger partial charge in [0.1, 0.15) is 0 Å². The van der Waals surface area contributed by atoms with Gasteiger partial charge in [-0.25, -0.2) is 0 Å².